The molecule has 0 unspecified atom stereocenters. The molecular weight excluding hydrogens is 394 g/mol. The molecule has 3 rings (SSSR count). The van der Waals surface area contributed by atoms with Gasteiger partial charge in [-0.3, -0.25) is 9.48 Å². The van der Waals surface area contributed by atoms with Gasteiger partial charge in [0.05, 0.1) is 18.9 Å². The molecule has 7 heteroatoms. The number of amides is 1. The number of aliphatic hydroxyl groups excluding tert-OH is 1. The number of nitrogens with one attached hydrogen (secondary N) is 1. The highest BCUT2D eigenvalue weighted by Crippen LogP contribution is 2.18. The van der Waals surface area contributed by atoms with Gasteiger partial charge in [0, 0.05) is 29.9 Å². The van der Waals surface area contributed by atoms with E-state index >= 15 is 0 Å². The van der Waals surface area contributed by atoms with E-state index in [-0.39, 0.29) is 0 Å². The van der Waals surface area contributed by atoms with Gasteiger partial charge < -0.3 is 15.2 Å². The Hall–Kier alpha value is -3.89. The van der Waals surface area contributed by atoms with Crippen LogP contribution >= 0.6 is 0 Å². The lowest BCUT2D eigenvalue weighted by Gasteiger charge is -2.18. The number of rotatable bonds is 5. The van der Waals surface area contributed by atoms with Gasteiger partial charge in [0.15, 0.2) is 6.04 Å². The molecule has 0 radical (unpaired) electrons. The molecule has 0 aliphatic rings. The Morgan fingerprint density at radius 3 is 2.10 bits per heavy atom. The Morgan fingerprint density at radius 2 is 1.61 bits per heavy atom. The van der Waals surface area contributed by atoms with Crippen LogP contribution in [-0.2, 0) is 16.6 Å². The first-order chi connectivity index (χ1) is 14.9. The molecule has 2 aromatic carbocycles. The molecule has 158 valence electrons. The lowest BCUT2D eigenvalue weighted by molar-refractivity contribution is -0.145. The summed E-state index contributed by atoms with van der Waals surface area (Å²) in [5.41, 5.74) is 4.04. The van der Waals surface area contributed by atoms with Crippen molar-refractivity contribution < 1.29 is 19.4 Å². The number of aliphatic hydroxyl groups is 1. The Bertz CT molecular complexity index is 1120. The van der Waals surface area contributed by atoms with Crippen molar-refractivity contribution in [2.45, 2.75) is 19.1 Å². The van der Waals surface area contributed by atoms with Crippen LogP contribution in [-0.4, -0.2) is 46.0 Å². The van der Waals surface area contributed by atoms with Crippen LogP contribution in [0.5, 0.6) is 0 Å². The van der Waals surface area contributed by atoms with E-state index in [9.17, 15) is 14.7 Å². The average Bonchev–Trinajstić information content (AvgIpc) is 3.21. The third-order valence-corrected chi connectivity index (χ3v) is 4.72. The number of benzene rings is 2. The van der Waals surface area contributed by atoms with Crippen LogP contribution in [0.15, 0.2) is 60.8 Å². The molecule has 7 nitrogen and oxygen atoms in total. The summed E-state index contributed by atoms with van der Waals surface area (Å²) in [6.45, 7) is 1.41. The molecule has 3 aromatic rings. The summed E-state index contributed by atoms with van der Waals surface area (Å²) in [6, 6.07) is 15.4. The molecule has 1 aromatic heterocycles. The number of hydrogen-bond acceptors (Lipinski definition) is 5. The van der Waals surface area contributed by atoms with Gasteiger partial charge in [0.25, 0.3) is 5.91 Å². The molecule has 0 saturated heterocycles. The lowest BCUT2D eigenvalue weighted by Crippen LogP contribution is -2.48. The van der Waals surface area contributed by atoms with Crippen LogP contribution < -0.4 is 5.32 Å². The molecule has 0 spiro atoms. The van der Waals surface area contributed by atoms with Crippen molar-refractivity contribution in [1.82, 2.24) is 15.1 Å². The van der Waals surface area contributed by atoms with Gasteiger partial charge in [-0.1, -0.05) is 24.0 Å². The van der Waals surface area contributed by atoms with Crippen molar-refractivity contribution in [3.05, 3.63) is 77.5 Å². The predicted octanol–water partition coefficient (Wildman–Crippen LogP) is 2.14. The Balaban J connectivity index is 1.67. The summed E-state index contributed by atoms with van der Waals surface area (Å²) in [5, 5.41) is 16.3. The van der Waals surface area contributed by atoms with Crippen molar-refractivity contribution >= 4 is 11.9 Å². The van der Waals surface area contributed by atoms with Gasteiger partial charge in [-0.15, -0.1) is 0 Å². The van der Waals surface area contributed by atoms with E-state index in [4.69, 9.17) is 0 Å². The Morgan fingerprint density at radius 1 is 1.03 bits per heavy atom. The van der Waals surface area contributed by atoms with Crippen molar-refractivity contribution in [3.8, 4) is 23.1 Å². The first kappa shape index (κ1) is 21.8. The highest BCUT2D eigenvalue weighted by atomic mass is 16.5. The Labute approximate surface area is 180 Å². The summed E-state index contributed by atoms with van der Waals surface area (Å²) in [7, 11) is 3.09. The second-order valence-corrected chi connectivity index (χ2v) is 6.96. The maximum atomic E-state index is 12.4. The average molecular weight is 417 g/mol. The standard InChI is InChI=1S/C24H23N3O4/c1-16(28)22(24(30)31-3)26-23(29)20-12-8-18(9-13-20)5-4-17-6-10-19(11-7-17)21-14-15-25-27(21)2/h6-16,22,28H,1-3H3,(H,26,29)/t16-,22-/m1/s1. The normalized spacial score (nSPS) is 12.3. The van der Waals surface area contributed by atoms with Gasteiger partial charge in [-0.05, 0) is 55.0 Å². The third kappa shape index (κ3) is 5.38. The smallest absolute Gasteiger partial charge is 0.331 e. The van der Waals surface area contributed by atoms with Gasteiger partial charge in [-0.25, -0.2) is 4.79 Å². The lowest BCUT2D eigenvalue weighted by atomic mass is 10.1. The van der Waals surface area contributed by atoms with Crippen molar-refractivity contribution in [1.29, 1.82) is 0 Å². The van der Waals surface area contributed by atoms with Gasteiger partial charge in [-0.2, -0.15) is 5.10 Å². The minimum Gasteiger partial charge on any atom is -0.467 e. The van der Waals surface area contributed by atoms with Crippen LogP contribution in [0.1, 0.15) is 28.4 Å². The zero-order chi connectivity index (χ0) is 22.4. The fourth-order valence-electron chi connectivity index (χ4n) is 2.96. The third-order valence-electron chi connectivity index (χ3n) is 4.72. The topological polar surface area (TPSA) is 93.5 Å². The van der Waals surface area contributed by atoms with Crippen molar-refractivity contribution in [2.75, 3.05) is 7.11 Å². The van der Waals surface area contributed by atoms with Gasteiger partial charge in [0.2, 0.25) is 0 Å². The van der Waals surface area contributed by atoms with E-state index in [1.54, 1.807) is 30.5 Å². The van der Waals surface area contributed by atoms with Crippen molar-refractivity contribution in [2.24, 2.45) is 7.05 Å². The van der Waals surface area contributed by atoms with Crippen LogP contribution in [0.3, 0.4) is 0 Å². The van der Waals surface area contributed by atoms with Gasteiger partial charge in [0.1, 0.15) is 0 Å². The second kappa shape index (κ2) is 9.74. The molecule has 0 fully saturated rings. The van der Waals surface area contributed by atoms with Crippen LogP contribution in [0.2, 0.25) is 0 Å². The largest absolute Gasteiger partial charge is 0.467 e. The van der Waals surface area contributed by atoms with Crippen LogP contribution in [0.25, 0.3) is 11.3 Å². The second-order valence-electron chi connectivity index (χ2n) is 6.96. The van der Waals surface area contributed by atoms with E-state index < -0.39 is 24.0 Å². The summed E-state index contributed by atoms with van der Waals surface area (Å²) in [4.78, 5) is 24.0. The Kier molecular flexibility index (Phi) is 6.85. The molecule has 0 aliphatic heterocycles. The number of aryl methyl sites for hydroxylation is 1. The summed E-state index contributed by atoms with van der Waals surface area (Å²) < 4.78 is 6.41. The van der Waals surface area contributed by atoms with E-state index in [2.05, 4.69) is 27.0 Å². The zero-order valence-corrected chi connectivity index (χ0v) is 17.5. The molecule has 2 atom stereocenters. The number of aromatic nitrogens is 2. The SMILES string of the molecule is COC(=O)[C@H](NC(=O)c1ccc(C#Cc2ccc(-c3ccnn3C)cc2)cc1)[C@@H](C)O. The van der Waals surface area contributed by atoms with E-state index in [0.717, 1.165) is 22.4 Å². The zero-order valence-electron chi connectivity index (χ0n) is 17.5. The first-order valence-corrected chi connectivity index (χ1v) is 9.66. The molecule has 1 heterocycles. The maximum Gasteiger partial charge on any atom is 0.331 e. The number of hydrogen-bond donors (Lipinski definition) is 2. The summed E-state index contributed by atoms with van der Waals surface area (Å²) in [5.74, 6) is 4.97. The van der Waals surface area contributed by atoms with E-state index in [1.165, 1.54) is 14.0 Å². The quantitative estimate of drug-likeness (QED) is 0.490. The first-order valence-electron chi connectivity index (χ1n) is 9.66. The number of ether oxygens (including phenoxy) is 1. The van der Waals surface area contributed by atoms with Crippen LogP contribution in [0.4, 0.5) is 0 Å². The molecule has 0 aliphatic carbocycles. The molecular formula is C24H23N3O4. The molecule has 0 bridgehead atoms. The van der Waals surface area contributed by atoms with E-state index in [1.807, 2.05) is 42.1 Å². The monoisotopic (exact) mass is 417 g/mol. The molecule has 31 heavy (non-hydrogen) atoms. The number of methoxy groups -OCH3 is 1. The van der Waals surface area contributed by atoms with Crippen molar-refractivity contribution in [3.63, 3.8) is 0 Å². The molecule has 2 N–H and O–H groups in total. The number of carbonyl (C=O) groups excluding carboxylic acids is 2. The van der Waals surface area contributed by atoms with Gasteiger partial charge >= 0.3 is 5.97 Å². The summed E-state index contributed by atoms with van der Waals surface area (Å²) in [6.07, 6.45) is 0.679. The molecule has 1 amide bonds. The fourth-order valence-corrected chi connectivity index (χ4v) is 2.96. The summed E-state index contributed by atoms with van der Waals surface area (Å²) >= 11 is 0. The fraction of sp³-hybridized carbons (Fsp3) is 0.208. The number of esters is 1. The minimum absolute atomic E-state index is 0.348. The predicted molar refractivity (Wildman–Crippen MR) is 116 cm³/mol. The minimum atomic E-state index is -1.13. The highest BCUT2D eigenvalue weighted by Gasteiger charge is 2.26. The molecule has 0 saturated carbocycles. The highest BCUT2D eigenvalue weighted by molar-refractivity contribution is 5.97. The number of carbonyl (C=O) groups is 2. The van der Waals surface area contributed by atoms with Crippen LogP contribution in [0, 0.1) is 11.8 Å². The maximum absolute atomic E-state index is 12.4. The number of nitrogens with zero attached hydrogens (tertiary/aromatic N) is 2. The van der Waals surface area contributed by atoms with E-state index in [0.29, 0.717) is 5.56 Å².